The van der Waals surface area contributed by atoms with E-state index >= 15 is 0 Å². The molecule has 1 aromatic rings. The average molecular weight is 275 g/mol. The second-order valence-electron chi connectivity index (χ2n) is 4.74. The highest BCUT2D eigenvalue weighted by atomic mass is 19.4. The van der Waals surface area contributed by atoms with E-state index in [9.17, 15) is 18.0 Å². The summed E-state index contributed by atoms with van der Waals surface area (Å²) in [6.07, 6.45) is -0.274. The van der Waals surface area contributed by atoms with Crippen LogP contribution in [0.5, 0.6) is 0 Å². The number of likely N-dealkylation sites (tertiary alicyclic amines) is 1. The second kappa shape index (κ2) is 5.22. The van der Waals surface area contributed by atoms with Gasteiger partial charge in [-0.3, -0.25) is 9.48 Å². The van der Waals surface area contributed by atoms with Gasteiger partial charge < -0.3 is 4.90 Å². The van der Waals surface area contributed by atoms with Crippen LogP contribution in [-0.2, 0) is 11.0 Å². The SMILES string of the molecule is CC(C(=O)N1CCCCC1)n1ccc(C(F)(F)F)n1. The first kappa shape index (κ1) is 13.9. The number of nitrogens with zero attached hydrogens (tertiary/aromatic N) is 3. The predicted octanol–water partition coefficient (Wildman–Crippen LogP) is 2.48. The van der Waals surface area contributed by atoms with E-state index in [0.29, 0.717) is 13.1 Å². The van der Waals surface area contributed by atoms with Gasteiger partial charge in [0.05, 0.1) is 0 Å². The van der Waals surface area contributed by atoms with Gasteiger partial charge in [-0.25, -0.2) is 0 Å². The molecule has 0 spiro atoms. The maximum absolute atomic E-state index is 12.4. The fourth-order valence-corrected chi connectivity index (χ4v) is 2.20. The van der Waals surface area contributed by atoms with Crippen LogP contribution in [0.15, 0.2) is 12.3 Å². The van der Waals surface area contributed by atoms with E-state index in [4.69, 9.17) is 0 Å². The number of rotatable bonds is 2. The third kappa shape index (κ3) is 3.08. The minimum atomic E-state index is -4.47. The normalized spacial score (nSPS) is 18.4. The molecule has 2 heterocycles. The van der Waals surface area contributed by atoms with Crippen molar-refractivity contribution in [3.8, 4) is 0 Å². The van der Waals surface area contributed by atoms with Crippen molar-refractivity contribution >= 4 is 5.91 Å². The van der Waals surface area contributed by atoms with Crippen LogP contribution in [-0.4, -0.2) is 33.7 Å². The van der Waals surface area contributed by atoms with Crippen molar-refractivity contribution in [1.82, 2.24) is 14.7 Å². The molecule has 2 rings (SSSR count). The lowest BCUT2D eigenvalue weighted by Crippen LogP contribution is -2.39. The summed E-state index contributed by atoms with van der Waals surface area (Å²) in [5, 5.41) is 3.44. The number of aromatic nitrogens is 2. The molecule has 1 atom stereocenters. The Hall–Kier alpha value is -1.53. The predicted molar refractivity (Wildman–Crippen MR) is 62.4 cm³/mol. The first-order chi connectivity index (χ1) is 8.89. The molecule has 0 N–H and O–H groups in total. The highest BCUT2D eigenvalue weighted by molar-refractivity contribution is 5.80. The first-order valence-electron chi connectivity index (χ1n) is 6.31. The summed E-state index contributed by atoms with van der Waals surface area (Å²) in [5.41, 5.74) is -0.967. The summed E-state index contributed by atoms with van der Waals surface area (Å²) in [4.78, 5) is 13.8. The zero-order chi connectivity index (χ0) is 14.0. The minimum Gasteiger partial charge on any atom is -0.341 e. The van der Waals surface area contributed by atoms with Crippen molar-refractivity contribution < 1.29 is 18.0 Å². The molecule has 106 valence electrons. The van der Waals surface area contributed by atoms with Crippen molar-refractivity contribution in [2.24, 2.45) is 0 Å². The van der Waals surface area contributed by atoms with Gasteiger partial charge in [-0.15, -0.1) is 0 Å². The molecule has 0 aromatic carbocycles. The molecule has 1 aromatic heterocycles. The minimum absolute atomic E-state index is 0.170. The standard InChI is InChI=1S/C12H16F3N3O/c1-9(11(19)17-6-3-2-4-7-17)18-8-5-10(16-18)12(13,14)15/h5,8-9H,2-4,6-7H2,1H3. The summed E-state index contributed by atoms with van der Waals surface area (Å²) in [6.45, 7) is 2.93. The van der Waals surface area contributed by atoms with Crippen molar-refractivity contribution in [3.63, 3.8) is 0 Å². The molecule has 1 aliphatic heterocycles. The Balaban J connectivity index is 2.08. The van der Waals surface area contributed by atoms with E-state index in [1.54, 1.807) is 11.8 Å². The van der Waals surface area contributed by atoms with Crippen LogP contribution >= 0.6 is 0 Å². The van der Waals surface area contributed by atoms with Gasteiger partial charge in [0.2, 0.25) is 5.91 Å². The largest absolute Gasteiger partial charge is 0.435 e. The molecular formula is C12H16F3N3O. The molecule has 1 amide bonds. The van der Waals surface area contributed by atoms with E-state index in [2.05, 4.69) is 5.10 Å². The van der Waals surface area contributed by atoms with Crippen LogP contribution in [0.3, 0.4) is 0 Å². The Kier molecular flexibility index (Phi) is 3.82. The number of hydrogen-bond acceptors (Lipinski definition) is 2. The van der Waals surface area contributed by atoms with Crippen molar-refractivity contribution in [1.29, 1.82) is 0 Å². The van der Waals surface area contributed by atoms with Crippen LogP contribution in [0.25, 0.3) is 0 Å². The van der Waals surface area contributed by atoms with Crippen molar-refractivity contribution in [3.05, 3.63) is 18.0 Å². The monoisotopic (exact) mass is 275 g/mol. The molecule has 0 saturated carbocycles. The molecule has 4 nitrogen and oxygen atoms in total. The Morgan fingerprint density at radius 1 is 1.32 bits per heavy atom. The number of carbonyl (C=O) groups excluding carboxylic acids is 1. The van der Waals surface area contributed by atoms with E-state index < -0.39 is 17.9 Å². The summed E-state index contributed by atoms with van der Waals surface area (Å²) >= 11 is 0. The number of carbonyl (C=O) groups is 1. The van der Waals surface area contributed by atoms with Gasteiger partial charge in [-0.1, -0.05) is 0 Å². The average Bonchev–Trinajstić information content (AvgIpc) is 2.87. The summed E-state index contributed by atoms with van der Waals surface area (Å²) in [5.74, 6) is -0.170. The van der Waals surface area contributed by atoms with Gasteiger partial charge in [0.1, 0.15) is 6.04 Å². The number of halogens is 3. The van der Waals surface area contributed by atoms with Gasteiger partial charge in [0.15, 0.2) is 5.69 Å². The van der Waals surface area contributed by atoms with E-state index in [1.807, 2.05) is 0 Å². The lowest BCUT2D eigenvalue weighted by Gasteiger charge is -2.29. The third-order valence-electron chi connectivity index (χ3n) is 3.32. The van der Waals surface area contributed by atoms with Crippen LogP contribution < -0.4 is 0 Å². The van der Waals surface area contributed by atoms with Crippen LogP contribution in [0.4, 0.5) is 13.2 Å². The van der Waals surface area contributed by atoms with Gasteiger partial charge in [-0.05, 0) is 32.3 Å². The summed E-state index contributed by atoms with van der Waals surface area (Å²) < 4.78 is 38.4. The van der Waals surface area contributed by atoms with Gasteiger partial charge in [0.25, 0.3) is 0 Å². The Morgan fingerprint density at radius 3 is 2.47 bits per heavy atom. The maximum Gasteiger partial charge on any atom is 0.435 e. The molecule has 1 aliphatic rings. The van der Waals surface area contributed by atoms with Crippen molar-refractivity contribution in [2.75, 3.05) is 13.1 Å². The fourth-order valence-electron chi connectivity index (χ4n) is 2.20. The lowest BCUT2D eigenvalue weighted by atomic mass is 10.1. The fraction of sp³-hybridized carbons (Fsp3) is 0.667. The Morgan fingerprint density at radius 2 is 1.95 bits per heavy atom. The van der Waals surface area contributed by atoms with Gasteiger partial charge >= 0.3 is 6.18 Å². The first-order valence-corrected chi connectivity index (χ1v) is 6.31. The zero-order valence-electron chi connectivity index (χ0n) is 10.7. The maximum atomic E-state index is 12.4. The molecule has 7 heteroatoms. The number of alkyl halides is 3. The molecule has 1 saturated heterocycles. The molecule has 19 heavy (non-hydrogen) atoms. The Labute approximate surface area is 109 Å². The highest BCUT2D eigenvalue weighted by Gasteiger charge is 2.34. The molecule has 1 fully saturated rings. The van der Waals surface area contributed by atoms with E-state index in [0.717, 1.165) is 30.0 Å². The molecule has 1 unspecified atom stereocenters. The quantitative estimate of drug-likeness (QED) is 0.831. The van der Waals surface area contributed by atoms with E-state index in [-0.39, 0.29) is 5.91 Å². The lowest BCUT2D eigenvalue weighted by molar-refractivity contribution is -0.142. The summed E-state index contributed by atoms with van der Waals surface area (Å²) in [6, 6.07) is 0.189. The second-order valence-corrected chi connectivity index (χ2v) is 4.74. The third-order valence-corrected chi connectivity index (χ3v) is 3.32. The van der Waals surface area contributed by atoms with Gasteiger partial charge in [0, 0.05) is 19.3 Å². The highest BCUT2D eigenvalue weighted by Crippen LogP contribution is 2.28. The molecular weight excluding hydrogens is 259 g/mol. The topological polar surface area (TPSA) is 38.1 Å². The van der Waals surface area contributed by atoms with Crippen LogP contribution in [0, 0.1) is 0 Å². The van der Waals surface area contributed by atoms with Crippen LogP contribution in [0.1, 0.15) is 37.9 Å². The molecule has 0 aliphatic carbocycles. The van der Waals surface area contributed by atoms with Gasteiger partial charge in [-0.2, -0.15) is 18.3 Å². The van der Waals surface area contributed by atoms with Crippen LogP contribution in [0.2, 0.25) is 0 Å². The Bertz CT molecular complexity index is 449. The zero-order valence-corrected chi connectivity index (χ0v) is 10.7. The molecule has 0 radical (unpaired) electrons. The summed E-state index contributed by atoms with van der Waals surface area (Å²) in [7, 11) is 0. The number of hydrogen-bond donors (Lipinski definition) is 0. The molecule has 0 bridgehead atoms. The number of piperidine rings is 1. The number of amides is 1. The van der Waals surface area contributed by atoms with E-state index in [1.165, 1.54) is 6.20 Å². The van der Waals surface area contributed by atoms with Crippen molar-refractivity contribution in [2.45, 2.75) is 38.4 Å². The smallest absolute Gasteiger partial charge is 0.341 e.